The standard InChI is InChI=1S/C14H27N/c1-9-12(2)10-11-15(13(3,4)5)14(6,7)8/h9H,1-2,10-11H2,3-8H3. The summed E-state index contributed by atoms with van der Waals surface area (Å²) in [6.07, 6.45) is 2.85. The predicted molar refractivity (Wildman–Crippen MR) is 70.2 cm³/mol. The van der Waals surface area contributed by atoms with Crippen molar-refractivity contribution in [3.05, 3.63) is 24.8 Å². The van der Waals surface area contributed by atoms with Gasteiger partial charge in [0, 0.05) is 17.6 Å². The van der Waals surface area contributed by atoms with E-state index >= 15 is 0 Å². The summed E-state index contributed by atoms with van der Waals surface area (Å²) in [6.45, 7) is 22.3. The molecule has 0 heterocycles. The van der Waals surface area contributed by atoms with Gasteiger partial charge in [0.15, 0.2) is 0 Å². The number of nitrogens with zero attached hydrogens (tertiary/aromatic N) is 1. The highest BCUT2D eigenvalue weighted by Crippen LogP contribution is 2.25. The lowest BCUT2D eigenvalue weighted by molar-refractivity contribution is 0.0400. The number of hydrogen-bond donors (Lipinski definition) is 0. The first-order valence-electron chi connectivity index (χ1n) is 5.67. The van der Waals surface area contributed by atoms with E-state index in [1.807, 2.05) is 6.08 Å². The van der Waals surface area contributed by atoms with Crippen molar-refractivity contribution in [2.75, 3.05) is 6.54 Å². The third-order valence-electron chi connectivity index (χ3n) is 2.56. The Labute approximate surface area is 95.9 Å². The van der Waals surface area contributed by atoms with E-state index in [9.17, 15) is 0 Å². The molecule has 0 aliphatic heterocycles. The maximum absolute atomic E-state index is 3.96. The predicted octanol–water partition coefficient (Wildman–Crippen LogP) is 4.02. The maximum atomic E-state index is 3.96. The molecule has 1 heteroatoms. The summed E-state index contributed by atoms with van der Waals surface area (Å²) in [5.74, 6) is 0. The monoisotopic (exact) mass is 209 g/mol. The Hall–Kier alpha value is -0.560. The van der Waals surface area contributed by atoms with Gasteiger partial charge in [0.2, 0.25) is 0 Å². The molecule has 15 heavy (non-hydrogen) atoms. The van der Waals surface area contributed by atoms with Crippen molar-refractivity contribution in [3.8, 4) is 0 Å². The Kier molecular flexibility index (Phi) is 4.79. The van der Waals surface area contributed by atoms with Gasteiger partial charge in [-0.25, -0.2) is 0 Å². The molecule has 0 radical (unpaired) electrons. The van der Waals surface area contributed by atoms with E-state index in [2.05, 4.69) is 59.6 Å². The van der Waals surface area contributed by atoms with Crippen LogP contribution in [0.15, 0.2) is 24.8 Å². The molecule has 0 bridgehead atoms. The molecule has 0 saturated carbocycles. The summed E-state index contributed by atoms with van der Waals surface area (Å²) in [7, 11) is 0. The van der Waals surface area contributed by atoms with Crippen molar-refractivity contribution in [1.82, 2.24) is 4.90 Å². The summed E-state index contributed by atoms with van der Waals surface area (Å²) >= 11 is 0. The second-order valence-electron chi connectivity index (χ2n) is 6.11. The van der Waals surface area contributed by atoms with Crippen LogP contribution in [0.3, 0.4) is 0 Å². The molecule has 0 N–H and O–H groups in total. The molecule has 0 unspecified atom stereocenters. The van der Waals surface area contributed by atoms with Crippen molar-refractivity contribution in [1.29, 1.82) is 0 Å². The first-order chi connectivity index (χ1) is 6.59. The lowest BCUT2D eigenvalue weighted by atomic mass is 9.95. The van der Waals surface area contributed by atoms with Crippen molar-refractivity contribution < 1.29 is 0 Å². The Bertz CT molecular complexity index is 211. The van der Waals surface area contributed by atoms with Gasteiger partial charge in [0.05, 0.1) is 0 Å². The van der Waals surface area contributed by atoms with Crippen LogP contribution in [0.1, 0.15) is 48.0 Å². The third-order valence-corrected chi connectivity index (χ3v) is 2.56. The van der Waals surface area contributed by atoms with Crippen LogP contribution >= 0.6 is 0 Å². The Morgan fingerprint density at radius 3 is 1.73 bits per heavy atom. The average Bonchev–Trinajstić information content (AvgIpc) is 1.99. The largest absolute Gasteiger partial charge is 0.293 e. The van der Waals surface area contributed by atoms with E-state index in [0.717, 1.165) is 18.5 Å². The van der Waals surface area contributed by atoms with Crippen molar-refractivity contribution >= 4 is 0 Å². The molecule has 0 aromatic carbocycles. The highest BCUT2D eigenvalue weighted by atomic mass is 15.2. The van der Waals surface area contributed by atoms with Gasteiger partial charge in [-0.05, 0) is 48.0 Å². The summed E-state index contributed by atoms with van der Waals surface area (Å²) in [5.41, 5.74) is 1.51. The molecule has 1 nitrogen and oxygen atoms in total. The van der Waals surface area contributed by atoms with Gasteiger partial charge >= 0.3 is 0 Å². The van der Waals surface area contributed by atoms with Gasteiger partial charge in [0.25, 0.3) is 0 Å². The van der Waals surface area contributed by atoms with E-state index in [1.54, 1.807) is 0 Å². The minimum Gasteiger partial charge on any atom is -0.293 e. The zero-order valence-corrected chi connectivity index (χ0v) is 11.4. The minimum atomic E-state index is 0.194. The van der Waals surface area contributed by atoms with Crippen LogP contribution in [-0.4, -0.2) is 22.5 Å². The Balaban J connectivity index is 4.55. The molecule has 0 aliphatic carbocycles. The Morgan fingerprint density at radius 2 is 1.47 bits per heavy atom. The second kappa shape index (κ2) is 4.98. The molecule has 0 atom stereocenters. The number of rotatable bonds is 4. The fraction of sp³-hybridized carbons (Fsp3) is 0.714. The van der Waals surface area contributed by atoms with Gasteiger partial charge in [-0.1, -0.05) is 24.8 Å². The lowest BCUT2D eigenvalue weighted by Gasteiger charge is -2.45. The normalized spacial score (nSPS) is 13.0. The molecular weight excluding hydrogens is 182 g/mol. The fourth-order valence-electron chi connectivity index (χ4n) is 2.03. The summed E-state index contributed by atoms with van der Waals surface area (Å²) < 4.78 is 0. The fourth-order valence-corrected chi connectivity index (χ4v) is 2.03. The van der Waals surface area contributed by atoms with E-state index in [0.29, 0.717) is 0 Å². The molecular formula is C14H27N. The van der Waals surface area contributed by atoms with Crippen molar-refractivity contribution in [2.45, 2.75) is 59.0 Å². The quantitative estimate of drug-likeness (QED) is 0.632. The minimum absolute atomic E-state index is 0.194. The smallest absolute Gasteiger partial charge is 0.0130 e. The lowest BCUT2D eigenvalue weighted by Crippen LogP contribution is -2.52. The zero-order chi connectivity index (χ0) is 12.3. The van der Waals surface area contributed by atoms with Crippen LogP contribution < -0.4 is 0 Å². The average molecular weight is 209 g/mol. The first kappa shape index (κ1) is 14.4. The first-order valence-corrected chi connectivity index (χ1v) is 5.67. The molecule has 0 saturated heterocycles. The molecule has 88 valence electrons. The van der Waals surface area contributed by atoms with Crippen molar-refractivity contribution in [3.63, 3.8) is 0 Å². The molecule has 0 fully saturated rings. The number of hydrogen-bond acceptors (Lipinski definition) is 1. The van der Waals surface area contributed by atoms with Gasteiger partial charge < -0.3 is 0 Å². The summed E-state index contributed by atoms with van der Waals surface area (Å²) in [6, 6.07) is 0. The van der Waals surface area contributed by atoms with Gasteiger partial charge in [-0.2, -0.15) is 0 Å². The van der Waals surface area contributed by atoms with E-state index in [-0.39, 0.29) is 11.1 Å². The molecule has 0 aliphatic rings. The van der Waals surface area contributed by atoms with Crippen LogP contribution in [-0.2, 0) is 0 Å². The Morgan fingerprint density at radius 1 is 1.07 bits per heavy atom. The second-order valence-corrected chi connectivity index (χ2v) is 6.11. The van der Waals surface area contributed by atoms with Crippen LogP contribution in [0.25, 0.3) is 0 Å². The molecule has 0 rings (SSSR count). The van der Waals surface area contributed by atoms with Crippen LogP contribution in [0.4, 0.5) is 0 Å². The van der Waals surface area contributed by atoms with Gasteiger partial charge in [0.1, 0.15) is 0 Å². The van der Waals surface area contributed by atoms with Crippen LogP contribution in [0, 0.1) is 0 Å². The van der Waals surface area contributed by atoms with Crippen LogP contribution in [0.5, 0.6) is 0 Å². The van der Waals surface area contributed by atoms with Crippen LogP contribution in [0.2, 0.25) is 0 Å². The topological polar surface area (TPSA) is 3.24 Å². The molecule has 0 spiro atoms. The highest BCUT2D eigenvalue weighted by molar-refractivity contribution is 5.11. The van der Waals surface area contributed by atoms with E-state index in [4.69, 9.17) is 0 Å². The van der Waals surface area contributed by atoms with Gasteiger partial charge in [-0.3, -0.25) is 4.90 Å². The summed E-state index contributed by atoms with van der Waals surface area (Å²) in [4.78, 5) is 2.51. The molecule has 0 aromatic rings. The zero-order valence-electron chi connectivity index (χ0n) is 11.4. The highest BCUT2D eigenvalue weighted by Gasteiger charge is 2.30. The summed E-state index contributed by atoms with van der Waals surface area (Å²) in [5, 5.41) is 0. The van der Waals surface area contributed by atoms with E-state index in [1.165, 1.54) is 0 Å². The SMILES string of the molecule is C=CC(=C)CCN(C(C)(C)C)C(C)(C)C. The third kappa shape index (κ3) is 5.17. The van der Waals surface area contributed by atoms with Gasteiger partial charge in [-0.15, -0.1) is 0 Å². The molecule has 0 aromatic heterocycles. The van der Waals surface area contributed by atoms with E-state index < -0.39 is 0 Å². The maximum Gasteiger partial charge on any atom is 0.0130 e. The number of allylic oxidation sites excluding steroid dienone is 1. The molecule has 0 amide bonds. The van der Waals surface area contributed by atoms with Crippen molar-refractivity contribution in [2.24, 2.45) is 0 Å².